The molecule has 0 spiro atoms. The first-order chi connectivity index (χ1) is 8.93. The zero-order valence-electron chi connectivity index (χ0n) is 9.25. The Bertz CT molecular complexity index is 671. The Kier molecular flexibility index (Phi) is 3.61. The molecule has 0 saturated carbocycles. The quantitative estimate of drug-likeness (QED) is 0.836. The van der Waals surface area contributed by atoms with E-state index in [9.17, 15) is 18.0 Å². The Morgan fingerprint density at radius 3 is 2.37 bits per heavy atom. The van der Waals surface area contributed by atoms with E-state index >= 15 is 0 Å². The Balaban J connectivity index is 2.84. The molecule has 0 aromatic heterocycles. The Morgan fingerprint density at radius 1 is 1.05 bits per heavy atom. The van der Waals surface area contributed by atoms with Gasteiger partial charge in [-0.1, -0.05) is 12.1 Å². The molecule has 0 aliphatic heterocycles. The van der Waals surface area contributed by atoms with Crippen molar-refractivity contribution in [1.82, 2.24) is 0 Å². The van der Waals surface area contributed by atoms with Crippen molar-refractivity contribution in [3.05, 3.63) is 57.8 Å². The van der Waals surface area contributed by atoms with Crippen LogP contribution in [0, 0.1) is 17.5 Å². The van der Waals surface area contributed by atoms with Crippen molar-refractivity contribution in [2.24, 2.45) is 0 Å². The van der Waals surface area contributed by atoms with Gasteiger partial charge in [-0.2, -0.15) is 0 Å². The zero-order chi connectivity index (χ0) is 14.2. The van der Waals surface area contributed by atoms with Gasteiger partial charge in [-0.3, -0.25) is 0 Å². The highest BCUT2D eigenvalue weighted by Crippen LogP contribution is 2.33. The summed E-state index contributed by atoms with van der Waals surface area (Å²) in [5.41, 5.74) is -1.69. The highest BCUT2D eigenvalue weighted by Gasteiger charge is 2.22. The molecule has 98 valence electrons. The summed E-state index contributed by atoms with van der Waals surface area (Å²) < 4.78 is 41.1. The van der Waals surface area contributed by atoms with Gasteiger partial charge in [0, 0.05) is 5.56 Å². The molecule has 0 heterocycles. The van der Waals surface area contributed by atoms with Gasteiger partial charge in [0.25, 0.3) is 0 Å². The first-order valence-electron chi connectivity index (χ1n) is 5.09. The number of halogens is 4. The lowest BCUT2D eigenvalue weighted by Gasteiger charge is -2.10. The second-order valence-corrected chi connectivity index (χ2v) is 4.54. The number of benzene rings is 2. The fraction of sp³-hybridized carbons (Fsp3) is 0. The second-order valence-electron chi connectivity index (χ2n) is 3.69. The van der Waals surface area contributed by atoms with Gasteiger partial charge in [0.2, 0.25) is 0 Å². The smallest absolute Gasteiger partial charge is 0.339 e. The SMILES string of the molecule is O=C(O)c1c(F)cccc1-c1c(F)ccc(Br)c1F. The van der Waals surface area contributed by atoms with Crippen LogP contribution in [-0.4, -0.2) is 11.1 Å². The Morgan fingerprint density at radius 2 is 1.74 bits per heavy atom. The summed E-state index contributed by atoms with van der Waals surface area (Å²) in [6.45, 7) is 0. The van der Waals surface area contributed by atoms with Crippen LogP contribution >= 0.6 is 15.9 Å². The molecule has 6 heteroatoms. The molecule has 0 fully saturated rings. The largest absolute Gasteiger partial charge is 0.478 e. The maximum atomic E-state index is 13.9. The number of carboxylic acids is 1. The van der Waals surface area contributed by atoms with Crippen molar-refractivity contribution in [1.29, 1.82) is 0 Å². The molecule has 0 bridgehead atoms. The van der Waals surface area contributed by atoms with Gasteiger partial charge in [0.15, 0.2) is 0 Å². The molecule has 0 unspecified atom stereocenters. The Hall–Kier alpha value is -1.82. The summed E-state index contributed by atoms with van der Waals surface area (Å²) in [5.74, 6) is -4.59. The van der Waals surface area contributed by atoms with Crippen LogP contribution in [0.2, 0.25) is 0 Å². The van der Waals surface area contributed by atoms with Gasteiger partial charge in [-0.05, 0) is 34.1 Å². The molecule has 2 aromatic rings. The van der Waals surface area contributed by atoms with Crippen LogP contribution in [0.15, 0.2) is 34.8 Å². The van der Waals surface area contributed by atoms with Gasteiger partial charge >= 0.3 is 5.97 Å². The van der Waals surface area contributed by atoms with E-state index in [-0.39, 0.29) is 10.0 Å². The van der Waals surface area contributed by atoms with Gasteiger partial charge in [0.05, 0.1) is 10.0 Å². The zero-order valence-corrected chi connectivity index (χ0v) is 10.8. The van der Waals surface area contributed by atoms with Crippen LogP contribution in [0.4, 0.5) is 13.2 Å². The van der Waals surface area contributed by atoms with Crippen molar-refractivity contribution in [2.45, 2.75) is 0 Å². The predicted octanol–water partition coefficient (Wildman–Crippen LogP) is 4.23. The molecule has 0 amide bonds. The number of rotatable bonds is 2. The minimum absolute atomic E-state index is 0.0375. The second kappa shape index (κ2) is 5.05. The number of hydrogen-bond donors (Lipinski definition) is 1. The van der Waals surface area contributed by atoms with E-state index in [2.05, 4.69) is 15.9 Å². The minimum atomic E-state index is -1.59. The fourth-order valence-electron chi connectivity index (χ4n) is 1.72. The van der Waals surface area contributed by atoms with E-state index in [0.29, 0.717) is 0 Å². The number of hydrogen-bond acceptors (Lipinski definition) is 1. The molecule has 2 aromatic carbocycles. The third-order valence-electron chi connectivity index (χ3n) is 2.54. The van der Waals surface area contributed by atoms with Crippen LogP contribution in [0.3, 0.4) is 0 Å². The third-order valence-corrected chi connectivity index (χ3v) is 3.15. The molecular weight excluding hydrogens is 325 g/mol. The number of aromatic carboxylic acids is 1. The van der Waals surface area contributed by atoms with Crippen molar-refractivity contribution < 1.29 is 23.1 Å². The Labute approximate surface area is 114 Å². The number of carbonyl (C=O) groups is 1. The predicted molar refractivity (Wildman–Crippen MR) is 66.4 cm³/mol. The van der Waals surface area contributed by atoms with E-state index < -0.39 is 34.5 Å². The van der Waals surface area contributed by atoms with E-state index in [1.54, 1.807) is 0 Å². The van der Waals surface area contributed by atoms with Gasteiger partial charge in [-0.25, -0.2) is 18.0 Å². The summed E-state index contributed by atoms with van der Waals surface area (Å²) in [7, 11) is 0. The fourth-order valence-corrected chi connectivity index (χ4v) is 2.05. The lowest BCUT2D eigenvalue weighted by molar-refractivity contribution is 0.0693. The minimum Gasteiger partial charge on any atom is -0.478 e. The molecule has 0 radical (unpaired) electrons. The van der Waals surface area contributed by atoms with E-state index in [1.807, 2.05) is 0 Å². The normalized spacial score (nSPS) is 10.5. The molecular formula is C13H6BrF3O2. The molecule has 2 rings (SSSR count). The van der Waals surface area contributed by atoms with E-state index in [1.165, 1.54) is 6.07 Å². The molecule has 0 atom stereocenters. The van der Waals surface area contributed by atoms with Crippen molar-refractivity contribution in [3.8, 4) is 11.1 Å². The van der Waals surface area contributed by atoms with E-state index in [0.717, 1.165) is 24.3 Å². The number of carboxylic acid groups (broad SMARTS) is 1. The van der Waals surface area contributed by atoms with Crippen LogP contribution < -0.4 is 0 Å². The van der Waals surface area contributed by atoms with Gasteiger partial charge in [0.1, 0.15) is 23.0 Å². The molecule has 19 heavy (non-hydrogen) atoms. The van der Waals surface area contributed by atoms with Gasteiger partial charge in [-0.15, -0.1) is 0 Å². The van der Waals surface area contributed by atoms with Crippen LogP contribution in [0.25, 0.3) is 11.1 Å². The summed E-state index contributed by atoms with van der Waals surface area (Å²) in [4.78, 5) is 11.0. The van der Waals surface area contributed by atoms with Crippen LogP contribution in [0.5, 0.6) is 0 Å². The molecule has 0 aliphatic rings. The molecule has 0 aliphatic carbocycles. The molecule has 2 nitrogen and oxygen atoms in total. The maximum Gasteiger partial charge on any atom is 0.339 e. The molecule has 0 saturated heterocycles. The van der Waals surface area contributed by atoms with Gasteiger partial charge < -0.3 is 5.11 Å². The highest BCUT2D eigenvalue weighted by molar-refractivity contribution is 9.10. The van der Waals surface area contributed by atoms with Crippen LogP contribution in [-0.2, 0) is 0 Å². The van der Waals surface area contributed by atoms with Crippen molar-refractivity contribution in [2.75, 3.05) is 0 Å². The monoisotopic (exact) mass is 330 g/mol. The lowest BCUT2D eigenvalue weighted by atomic mass is 9.98. The molecule has 1 N–H and O–H groups in total. The standard InChI is InChI=1S/C13H6BrF3O2/c14-7-4-5-9(16)10(12(7)17)6-2-1-3-8(15)11(6)13(18)19/h1-5H,(H,18,19). The topological polar surface area (TPSA) is 37.3 Å². The first-order valence-corrected chi connectivity index (χ1v) is 5.88. The summed E-state index contributed by atoms with van der Waals surface area (Å²) in [6.07, 6.45) is 0. The highest BCUT2D eigenvalue weighted by atomic mass is 79.9. The average molecular weight is 331 g/mol. The maximum absolute atomic E-state index is 13.9. The average Bonchev–Trinajstić information content (AvgIpc) is 2.34. The third kappa shape index (κ3) is 2.35. The summed E-state index contributed by atoms with van der Waals surface area (Å²) >= 11 is 2.87. The van der Waals surface area contributed by atoms with Crippen molar-refractivity contribution >= 4 is 21.9 Å². The summed E-state index contributed by atoms with van der Waals surface area (Å²) in [5, 5.41) is 8.96. The van der Waals surface area contributed by atoms with E-state index in [4.69, 9.17) is 5.11 Å². The summed E-state index contributed by atoms with van der Waals surface area (Å²) in [6, 6.07) is 5.38. The first kappa shape index (κ1) is 13.6. The van der Waals surface area contributed by atoms with Crippen LogP contribution in [0.1, 0.15) is 10.4 Å². The lowest BCUT2D eigenvalue weighted by Crippen LogP contribution is -2.05. The van der Waals surface area contributed by atoms with Crippen molar-refractivity contribution in [3.63, 3.8) is 0 Å².